The number of ketones is 3. The Morgan fingerprint density at radius 1 is 0.887 bits per heavy atom. The molecule has 0 heterocycles. The Balaban J connectivity index is 1.52. The molecule has 0 bridgehead atoms. The summed E-state index contributed by atoms with van der Waals surface area (Å²) in [6.45, 7) is -1.98. The van der Waals surface area contributed by atoms with E-state index in [1.54, 1.807) is 0 Å². The van der Waals surface area contributed by atoms with Crippen molar-refractivity contribution >= 4 is 38.6 Å². The summed E-state index contributed by atoms with van der Waals surface area (Å²) in [5.74, 6) is -4.71. The number of fused-ring (bicyclic) bond motifs is 3. The summed E-state index contributed by atoms with van der Waals surface area (Å²) < 4.78 is 54.9. The largest absolute Gasteiger partial charge is 0.507 e. The number of hydrogen-bond donors (Lipinski definition) is 6. The van der Waals surface area contributed by atoms with Gasteiger partial charge in [0.25, 0.3) is 5.08 Å². The van der Waals surface area contributed by atoms with Gasteiger partial charge in [-0.1, -0.05) is 12.1 Å². The predicted molar refractivity (Wildman–Crippen MR) is 169 cm³/mol. The molecule has 6 N–H and O–H groups in total. The molecule has 0 spiro atoms. The van der Waals surface area contributed by atoms with Crippen molar-refractivity contribution < 1.29 is 102 Å². The number of alkyl carbamates (subject to hydrolysis) is 1. The molecule has 2 atom stereocenters. The van der Waals surface area contributed by atoms with E-state index in [0.717, 1.165) is 28.4 Å². The monoisotopic (exact) mass is 795 g/mol. The molecule has 0 radical (unpaired) electrons. The first-order valence-electron chi connectivity index (χ1n) is 15.0. The molecule has 1 amide bonds. The molecule has 24 heteroatoms. The third-order valence-electron chi connectivity index (χ3n) is 8.25. The van der Waals surface area contributed by atoms with Crippen LogP contribution in [0, 0.1) is 0 Å². The number of aliphatic hydroxyl groups excluding tert-OH is 1. The van der Waals surface area contributed by atoms with Crippen molar-refractivity contribution in [1.82, 2.24) is 5.32 Å². The molecule has 2 aromatic carbocycles. The minimum Gasteiger partial charge on any atom is -0.507 e. The molecule has 4 rings (SSSR count). The highest BCUT2D eigenvalue weighted by atomic mass is 31.2. The lowest BCUT2D eigenvalue weighted by Crippen LogP contribution is -2.48. The fourth-order valence-electron chi connectivity index (χ4n) is 5.88. The van der Waals surface area contributed by atoms with Crippen LogP contribution in [0.25, 0.3) is 0 Å². The highest BCUT2D eigenvalue weighted by Gasteiger charge is 2.68. The van der Waals surface area contributed by atoms with E-state index < -0.39 is 122 Å². The number of ether oxygens (including phenoxy) is 2. The van der Waals surface area contributed by atoms with Gasteiger partial charge in [-0.15, -0.1) is 18.7 Å². The van der Waals surface area contributed by atoms with Crippen LogP contribution in [0.2, 0.25) is 0 Å². The van der Waals surface area contributed by atoms with Gasteiger partial charge >= 0.3 is 21.3 Å². The first kappa shape index (κ1) is 41.9. The van der Waals surface area contributed by atoms with Crippen LogP contribution in [0.15, 0.2) is 18.2 Å². The number of benzene rings is 2. The average molecular weight is 796 g/mol. The van der Waals surface area contributed by atoms with Gasteiger partial charge in [-0.2, -0.15) is 0 Å². The van der Waals surface area contributed by atoms with Crippen molar-refractivity contribution in [1.29, 1.82) is 0 Å². The molecule has 2 aliphatic rings. The fourth-order valence-corrected chi connectivity index (χ4v) is 9.57. The van der Waals surface area contributed by atoms with E-state index >= 15 is 0 Å². The number of carbonyl (C=O) groups is 4. The number of rotatable bonds is 17. The summed E-state index contributed by atoms with van der Waals surface area (Å²) in [7, 11) is -5.92. The van der Waals surface area contributed by atoms with Crippen molar-refractivity contribution in [2.24, 2.45) is 0 Å². The second kappa shape index (κ2) is 16.2. The number of aromatic hydroxyl groups is 2. The fraction of sp³-hybridized carbons (Fsp3) is 0.448. The molecule has 0 fully saturated rings. The van der Waals surface area contributed by atoms with Crippen LogP contribution < -0.4 is 10.1 Å². The lowest BCUT2D eigenvalue weighted by Gasteiger charge is -2.37. The minimum atomic E-state index is -5.26. The minimum absolute atomic E-state index is 0.0174. The van der Waals surface area contributed by atoms with E-state index in [-0.39, 0.29) is 16.9 Å². The molecule has 0 saturated carbocycles. The van der Waals surface area contributed by atoms with Crippen LogP contribution >= 0.6 is 15.2 Å². The van der Waals surface area contributed by atoms with E-state index in [1.165, 1.54) is 25.3 Å². The number of phenolic OH excluding ortho intramolecular Hbond substituents is 2. The molecule has 22 nitrogen and oxygen atoms in total. The Hall–Kier alpha value is -3.86. The Bertz CT molecular complexity index is 1830. The Morgan fingerprint density at radius 3 is 1.96 bits per heavy atom. The molecule has 2 unspecified atom stereocenters. The Kier molecular flexibility index (Phi) is 12.8. The maximum Gasteiger partial charge on any atom is 0.428 e. The van der Waals surface area contributed by atoms with E-state index in [1.807, 2.05) is 5.32 Å². The van der Waals surface area contributed by atoms with Gasteiger partial charge in [-0.05, 0) is 6.07 Å². The maximum absolute atomic E-state index is 13.5. The number of amides is 1. The number of carbonyl (C=O) groups excluding carboxylic acids is 4. The van der Waals surface area contributed by atoms with Crippen LogP contribution in [0.1, 0.15) is 61.9 Å². The van der Waals surface area contributed by atoms with Crippen molar-refractivity contribution in [3.8, 4) is 17.2 Å². The first-order chi connectivity index (χ1) is 24.9. The summed E-state index contributed by atoms with van der Waals surface area (Å²) in [5.41, 5.74) is -4.96. The number of nitrogens with one attached hydrogen (secondary N) is 1. The zero-order valence-electron chi connectivity index (χ0n) is 28.5. The lowest BCUT2D eigenvalue weighted by atomic mass is 9.72. The SMILES string of the molecule is COOP(=O)(OOC)C(O)(CCNC(=O)OCC(=O)C1(O)Cc2c(O)c3c(c(O)c2C(O)C1)C(=O)c1c(OC)cccc1C3=O)P(=O)(OOC)OOC. The molecule has 2 aromatic rings. The van der Waals surface area contributed by atoms with Crippen LogP contribution in [0.5, 0.6) is 17.2 Å². The maximum atomic E-state index is 13.5. The second-order valence-corrected chi connectivity index (χ2v) is 15.6. The molecule has 0 saturated heterocycles. The molecule has 2 aliphatic carbocycles. The van der Waals surface area contributed by atoms with Crippen molar-refractivity contribution in [3.05, 3.63) is 51.6 Å². The zero-order valence-corrected chi connectivity index (χ0v) is 30.3. The van der Waals surface area contributed by atoms with E-state index in [2.05, 4.69) is 38.2 Å². The van der Waals surface area contributed by atoms with Gasteiger partial charge in [0.15, 0.2) is 12.4 Å². The third kappa shape index (κ3) is 7.34. The van der Waals surface area contributed by atoms with Gasteiger partial charge in [0.05, 0.1) is 58.3 Å². The second-order valence-electron chi connectivity index (χ2n) is 11.2. The number of aliphatic hydroxyl groups is 3. The van der Waals surface area contributed by atoms with E-state index in [9.17, 15) is 53.8 Å². The summed E-state index contributed by atoms with van der Waals surface area (Å²) in [6, 6.07) is 4.14. The Morgan fingerprint density at radius 2 is 1.43 bits per heavy atom. The summed E-state index contributed by atoms with van der Waals surface area (Å²) in [6.07, 6.45) is -5.98. The van der Waals surface area contributed by atoms with Gasteiger partial charge in [0.2, 0.25) is 11.6 Å². The summed E-state index contributed by atoms with van der Waals surface area (Å²) >= 11 is 0. The number of methoxy groups -OCH3 is 1. The van der Waals surface area contributed by atoms with Crippen molar-refractivity contribution in [2.75, 3.05) is 48.7 Å². The molecule has 292 valence electrons. The lowest BCUT2D eigenvalue weighted by molar-refractivity contribution is -0.264. The average Bonchev–Trinajstić information content (AvgIpc) is 3.10. The van der Waals surface area contributed by atoms with E-state index in [4.69, 9.17) is 9.47 Å². The molecular weight excluding hydrogens is 760 g/mol. The van der Waals surface area contributed by atoms with Gasteiger partial charge in [-0.3, -0.25) is 23.5 Å². The van der Waals surface area contributed by atoms with Gasteiger partial charge in [-0.25, -0.2) is 24.3 Å². The van der Waals surface area contributed by atoms with Crippen LogP contribution in [0.4, 0.5) is 4.79 Å². The molecular formula is C29H35NO21P2. The van der Waals surface area contributed by atoms with E-state index in [0.29, 0.717) is 0 Å². The predicted octanol–water partition coefficient (Wildman–Crippen LogP) is 1.62. The number of phenols is 2. The summed E-state index contributed by atoms with van der Waals surface area (Å²) in [5, 5.41) is 54.6. The smallest absolute Gasteiger partial charge is 0.428 e. The summed E-state index contributed by atoms with van der Waals surface area (Å²) in [4.78, 5) is 70.0. The van der Waals surface area contributed by atoms with Crippen LogP contribution in [0.3, 0.4) is 0 Å². The Labute approximate surface area is 299 Å². The topological polar surface area (TPSA) is 308 Å². The van der Waals surface area contributed by atoms with Gasteiger partial charge < -0.3 is 40.3 Å². The quantitative estimate of drug-likeness (QED) is 0.0489. The zero-order chi connectivity index (χ0) is 39.5. The van der Waals surface area contributed by atoms with Gasteiger partial charge in [0.1, 0.15) is 22.8 Å². The van der Waals surface area contributed by atoms with Gasteiger partial charge in [0, 0.05) is 42.5 Å². The van der Waals surface area contributed by atoms with Crippen LogP contribution in [-0.2, 0) is 63.3 Å². The molecule has 0 aliphatic heterocycles. The molecule has 53 heavy (non-hydrogen) atoms. The van der Waals surface area contributed by atoms with Crippen molar-refractivity contribution in [3.63, 3.8) is 0 Å². The first-order valence-corrected chi connectivity index (χ1v) is 18.1. The van der Waals surface area contributed by atoms with Crippen molar-refractivity contribution in [2.45, 2.75) is 36.1 Å². The number of hydrogen-bond acceptors (Lipinski definition) is 21. The normalized spacial score (nSPS) is 18.5. The third-order valence-corrected chi connectivity index (χ3v) is 13.3. The van der Waals surface area contributed by atoms with Crippen LogP contribution in [-0.4, -0.2) is 108 Å². The highest BCUT2D eigenvalue weighted by molar-refractivity contribution is 7.73. The highest BCUT2D eigenvalue weighted by Crippen LogP contribution is 2.78. The molecule has 0 aromatic heterocycles. The standard InChI is InChI=1S/C29H35NO21P2/c1-42-17-8-6-7-14-20(17)26(36)22-21(23(14)33)24(34)15-11-28(38,12-16(31)19(15)25(22)35)18(32)13-47-27(37)30-10-9-29(39,52(40,48-43-2)49-44-3)53(41,50-45-4)51-46-5/h6-8,16,31,34-35,38-39H,9-13H2,1-5H3,(H,30,37). The number of Topliss-reactive ketones (excluding diaryl/α,β-unsaturated/α-hetero) is 1.